The summed E-state index contributed by atoms with van der Waals surface area (Å²) in [6, 6.07) is 5.83. The van der Waals surface area contributed by atoms with Crippen molar-refractivity contribution in [2.75, 3.05) is 32.2 Å². The fourth-order valence-electron chi connectivity index (χ4n) is 2.17. The molecule has 2 N–H and O–H groups in total. The van der Waals surface area contributed by atoms with Gasteiger partial charge >= 0.3 is 5.97 Å². The van der Waals surface area contributed by atoms with Crippen molar-refractivity contribution in [3.63, 3.8) is 0 Å². The average molecular weight is 261 g/mol. The Hall–Kier alpha value is -2.08. The standard InChI is InChI=1S/C13H15N3O3/c1-18-12(17)13(6-19-7-13)5-14-9-2-3-10-11(4-9)16-8-15-10/h2-4,8,14H,5-7H2,1H3,(H,15,16). The molecule has 1 aromatic carbocycles. The van der Waals surface area contributed by atoms with Crippen LogP contribution in [-0.2, 0) is 14.3 Å². The van der Waals surface area contributed by atoms with Crippen molar-refractivity contribution >= 4 is 22.7 Å². The third-order valence-corrected chi connectivity index (χ3v) is 3.43. The Bertz CT molecular complexity index is 604. The third-order valence-electron chi connectivity index (χ3n) is 3.43. The van der Waals surface area contributed by atoms with Crippen LogP contribution >= 0.6 is 0 Å². The van der Waals surface area contributed by atoms with E-state index in [1.54, 1.807) is 6.33 Å². The van der Waals surface area contributed by atoms with Crippen LogP contribution in [-0.4, -0.2) is 42.8 Å². The molecule has 6 nitrogen and oxygen atoms in total. The summed E-state index contributed by atoms with van der Waals surface area (Å²) in [7, 11) is 1.40. The van der Waals surface area contributed by atoms with Crippen LogP contribution in [0.4, 0.5) is 5.69 Å². The van der Waals surface area contributed by atoms with Gasteiger partial charge in [0.1, 0.15) is 5.41 Å². The molecule has 1 aliphatic heterocycles. The molecule has 19 heavy (non-hydrogen) atoms. The molecule has 2 heterocycles. The highest BCUT2D eigenvalue weighted by atomic mass is 16.5. The summed E-state index contributed by atoms with van der Waals surface area (Å²) in [5, 5.41) is 3.26. The van der Waals surface area contributed by atoms with E-state index in [-0.39, 0.29) is 5.97 Å². The molecule has 6 heteroatoms. The SMILES string of the molecule is COC(=O)C1(CNc2ccc3nc[nH]c3c2)COC1. The Morgan fingerprint density at radius 2 is 2.42 bits per heavy atom. The monoisotopic (exact) mass is 261 g/mol. The molecule has 0 unspecified atom stereocenters. The smallest absolute Gasteiger partial charge is 0.318 e. The predicted molar refractivity (Wildman–Crippen MR) is 69.9 cm³/mol. The van der Waals surface area contributed by atoms with Gasteiger partial charge in [-0.25, -0.2) is 4.98 Å². The van der Waals surface area contributed by atoms with E-state index in [0.29, 0.717) is 19.8 Å². The zero-order chi connectivity index (χ0) is 13.3. The molecule has 3 rings (SSSR count). The molecule has 2 aromatic rings. The first-order valence-electron chi connectivity index (χ1n) is 6.07. The van der Waals surface area contributed by atoms with E-state index in [1.807, 2.05) is 18.2 Å². The number of nitrogens with zero attached hydrogens (tertiary/aromatic N) is 1. The number of nitrogens with one attached hydrogen (secondary N) is 2. The van der Waals surface area contributed by atoms with E-state index in [2.05, 4.69) is 15.3 Å². The lowest BCUT2D eigenvalue weighted by Gasteiger charge is -2.38. The second-order valence-electron chi connectivity index (χ2n) is 4.75. The number of methoxy groups -OCH3 is 1. The lowest BCUT2D eigenvalue weighted by Crippen LogP contribution is -2.54. The van der Waals surface area contributed by atoms with Crippen molar-refractivity contribution in [3.05, 3.63) is 24.5 Å². The number of anilines is 1. The Balaban J connectivity index is 1.72. The van der Waals surface area contributed by atoms with Crippen LogP contribution in [0.2, 0.25) is 0 Å². The van der Waals surface area contributed by atoms with Gasteiger partial charge in [0.05, 0.1) is 37.7 Å². The van der Waals surface area contributed by atoms with Crippen LogP contribution in [0.25, 0.3) is 11.0 Å². The number of aromatic amines is 1. The number of hydrogen-bond acceptors (Lipinski definition) is 5. The van der Waals surface area contributed by atoms with Crippen LogP contribution in [0.1, 0.15) is 0 Å². The Morgan fingerprint density at radius 1 is 1.58 bits per heavy atom. The van der Waals surface area contributed by atoms with Gasteiger partial charge in [-0.1, -0.05) is 0 Å². The summed E-state index contributed by atoms with van der Waals surface area (Å²) in [4.78, 5) is 19.0. The predicted octanol–water partition coefficient (Wildman–Crippen LogP) is 1.16. The molecule has 1 saturated heterocycles. The number of carbonyl (C=O) groups is 1. The minimum Gasteiger partial charge on any atom is -0.468 e. The number of fused-ring (bicyclic) bond motifs is 1. The summed E-state index contributed by atoms with van der Waals surface area (Å²) >= 11 is 0. The maximum absolute atomic E-state index is 11.7. The Labute approximate surface area is 110 Å². The maximum atomic E-state index is 11.7. The van der Waals surface area contributed by atoms with Crippen molar-refractivity contribution in [1.82, 2.24) is 9.97 Å². The minimum absolute atomic E-state index is 0.228. The summed E-state index contributed by atoms with van der Waals surface area (Å²) in [5.74, 6) is -0.228. The Morgan fingerprint density at radius 3 is 3.11 bits per heavy atom. The molecule has 0 bridgehead atoms. The van der Waals surface area contributed by atoms with Crippen LogP contribution in [0, 0.1) is 5.41 Å². The molecule has 0 amide bonds. The fourth-order valence-corrected chi connectivity index (χ4v) is 2.17. The van der Waals surface area contributed by atoms with Crippen LogP contribution in [0.5, 0.6) is 0 Å². The number of benzene rings is 1. The topological polar surface area (TPSA) is 76.2 Å². The van der Waals surface area contributed by atoms with Gasteiger partial charge in [-0.05, 0) is 18.2 Å². The second-order valence-corrected chi connectivity index (χ2v) is 4.75. The Kier molecular flexibility index (Phi) is 2.87. The number of aromatic nitrogens is 2. The highest BCUT2D eigenvalue weighted by Crippen LogP contribution is 2.29. The van der Waals surface area contributed by atoms with Gasteiger partial charge in [0.15, 0.2) is 0 Å². The van der Waals surface area contributed by atoms with Crippen molar-refractivity contribution in [1.29, 1.82) is 0 Å². The van der Waals surface area contributed by atoms with Gasteiger partial charge in [-0.15, -0.1) is 0 Å². The number of rotatable bonds is 4. The number of esters is 1. The summed E-state index contributed by atoms with van der Waals surface area (Å²) in [6.45, 7) is 1.30. The largest absolute Gasteiger partial charge is 0.468 e. The van der Waals surface area contributed by atoms with E-state index in [4.69, 9.17) is 9.47 Å². The van der Waals surface area contributed by atoms with Crippen LogP contribution in [0.3, 0.4) is 0 Å². The molecule has 0 radical (unpaired) electrons. The van der Waals surface area contributed by atoms with Gasteiger partial charge < -0.3 is 19.8 Å². The van der Waals surface area contributed by atoms with Crippen LogP contribution in [0.15, 0.2) is 24.5 Å². The number of carbonyl (C=O) groups excluding carboxylic acids is 1. The van der Waals surface area contributed by atoms with E-state index in [1.165, 1.54) is 7.11 Å². The van der Waals surface area contributed by atoms with Crippen molar-refractivity contribution in [2.45, 2.75) is 0 Å². The summed E-state index contributed by atoms with van der Waals surface area (Å²) in [5.41, 5.74) is 2.26. The van der Waals surface area contributed by atoms with Gasteiger partial charge in [-0.2, -0.15) is 0 Å². The highest BCUT2D eigenvalue weighted by molar-refractivity contribution is 5.80. The molecule has 1 fully saturated rings. The molecule has 0 atom stereocenters. The molecule has 1 aliphatic rings. The minimum atomic E-state index is -0.558. The highest BCUT2D eigenvalue weighted by Gasteiger charge is 2.47. The summed E-state index contributed by atoms with van der Waals surface area (Å²) in [6.07, 6.45) is 1.66. The van der Waals surface area contributed by atoms with E-state index < -0.39 is 5.41 Å². The first kappa shape index (κ1) is 12.0. The van der Waals surface area contributed by atoms with Gasteiger partial charge in [0, 0.05) is 12.2 Å². The zero-order valence-electron chi connectivity index (χ0n) is 10.6. The van der Waals surface area contributed by atoms with E-state index >= 15 is 0 Å². The quantitative estimate of drug-likeness (QED) is 0.808. The number of hydrogen-bond donors (Lipinski definition) is 2. The lowest BCUT2D eigenvalue weighted by molar-refractivity contribution is -0.180. The van der Waals surface area contributed by atoms with E-state index in [0.717, 1.165) is 16.7 Å². The number of ether oxygens (including phenoxy) is 2. The van der Waals surface area contributed by atoms with Gasteiger partial charge in [-0.3, -0.25) is 4.79 Å². The van der Waals surface area contributed by atoms with Crippen molar-refractivity contribution < 1.29 is 14.3 Å². The van der Waals surface area contributed by atoms with Crippen molar-refractivity contribution in [2.24, 2.45) is 5.41 Å². The lowest BCUT2D eigenvalue weighted by atomic mass is 9.86. The van der Waals surface area contributed by atoms with Crippen LogP contribution < -0.4 is 5.32 Å². The number of imidazole rings is 1. The first-order chi connectivity index (χ1) is 9.23. The van der Waals surface area contributed by atoms with E-state index in [9.17, 15) is 4.79 Å². The second kappa shape index (κ2) is 4.55. The summed E-state index contributed by atoms with van der Waals surface area (Å²) < 4.78 is 9.98. The molecular weight excluding hydrogens is 246 g/mol. The molecule has 0 saturated carbocycles. The first-order valence-corrected chi connectivity index (χ1v) is 6.07. The number of H-pyrrole nitrogens is 1. The average Bonchev–Trinajstić information content (AvgIpc) is 2.84. The van der Waals surface area contributed by atoms with Crippen molar-refractivity contribution in [3.8, 4) is 0 Å². The molecule has 0 aliphatic carbocycles. The molecular formula is C13H15N3O3. The molecule has 100 valence electrons. The molecule has 0 spiro atoms. The van der Waals surface area contributed by atoms with Gasteiger partial charge in [0.25, 0.3) is 0 Å². The van der Waals surface area contributed by atoms with Gasteiger partial charge in [0.2, 0.25) is 0 Å². The normalized spacial score (nSPS) is 16.9. The maximum Gasteiger partial charge on any atom is 0.318 e. The zero-order valence-corrected chi connectivity index (χ0v) is 10.6. The fraction of sp³-hybridized carbons (Fsp3) is 0.385. The molecule has 1 aromatic heterocycles. The third kappa shape index (κ3) is 2.04.